The second-order valence-corrected chi connectivity index (χ2v) is 8.58. The Morgan fingerprint density at radius 1 is 1.39 bits per heavy atom. The number of carbonyl (C=O) groups is 1. The monoisotopic (exact) mass is 459 g/mol. The van der Waals surface area contributed by atoms with Crippen molar-refractivity contribution in [2.24, 2.45) is 0 Å². The maximum absolute atomic E-state index is 12.7. The molecule has 0 saturated carbocycles. The van der Waals surface area contributed by atoms with Gasteiger partial charge < -0.3 is 14.8 Å². The number of aromatic nitrogens is 4. The molecule has 2 unspecified atom stereocenters. The lowest BCUT2D eigenvalue weighted by Crippen LogP contribution is -2.25. The van der Waals surface area contributed by atoms with Crippen molar-refractivity contribution in [2.75, 3.05) is 12.4 Å². The Balaban J connectivity index is 1.76. The third-order valence-corrected chi connectivity index (χ3v) is 6.38. The molecule has 1 amide bonds. The van der Waals surface area contributed by atoms with Crippen LogP contribution in [0.25, 0.3) is 0 Å². The van der Waals surface area contributed by atoms with Crippen LogP contribution in [0.1, 0.15) is 32.2 Å². The molecule has 2 aromatic heterocycles. The fraction of sp³-hybridized carbons (Fsp3) is 0.333. The fourth-order valence-corrected chi connectivity index (χ4v) is 4.34. The number of nitrogens with zero attached hydrogens (tertiary/aromatic N) is 4. The average Bonchev–Trinajstić information content (AvgIpc) is 3.42. The molecule has 0 aliphatic rings. The van der Waals surface area contributed by atoms with E-state index >= 15 is 0 Å². The van der Waals surface area contributed by atoms with E-state index in [0.29, 0.717) is 40.6 Å². The minimum absolute atomic E-state index is 0.113. The molecule has 0 radical (unpaired) electrons. The van der Waals surface area contributed by atoms with Gasteiger partial charge in [-0.15, -0.1) is 28.1 Å². The Morgan fingerprint density at radius 3 is 2.87 bits per heavy atom. The molecule has 3 rings (SSSR count). The molecule has 2 heterocycles. The van der Waals surface area contributed by atoms with E-state index in [1.807, 2.05) is 48.1 Å². The van der Waals surface area contributed by atoms with Gasteiger partial charge in [0.1, 0.15) is 11.5 Å². The molecular formula is C21H25N5O3S2. The highest BCUT2D eigenvalue weighted by atomic mass is 32.2. The third-order valence-electron chi connectivity index (χ3n) is 4.35. The molecule has 2 atom stereocenters. The molecule has 0 fully saturated rings. The predicted molar refractivity (Wildman–Crippen MR) is 123 cm³/mol. The van der Waals surface area contributed by atoms with Crippen LogP contribution in [-0.4, -0.2) is 38.0 Å². The third kappa shape index (κ3) is 5.86. The minimum atomic E-state index is -0.363. The second kappa shape index (κ2) is 11.0. The predicted octanol–water partition coefficient (Wildman–Crippen LogP) is 4.58. The van der Waals surface area contributed by atoms with Crippen LogP contribution >= 0.6 is 23.1 Å². The molecule has 10 heteroatoms. The smallest absolute Gasteiger partial charge is 0.239 e. The lowest BCUT2D eigenvalue weighted by atomic mass is 10.3. The Morgan fingerprint density at radius 2 is 2.19 bits per heavy atom. The summed E-state index contributed by atoms with van der Waals surface area (Å²) in [6.45, 7) is 8.21. The summed E-state index contributed by atoms with van der Waals surface area (Å²) in [7, 11) is 1.61. The number of nitrogens with one attached hydrogen (secondary N) is 1. The number of hydrogen-bond donors (Lipinski definition) is 1. The molecule has 3 aromatic rings. The summed E-state index contributed by atoms with van der Waals surface area (Å²) in [4.78, 5) is 16.8. The van der Waals surface area contributed by atoms with Gasteiger partial charge in [-0.3, -0.25) is 9.36 Å². The molecule has 31 heavy (non-hydrogen) atoms. The minimum Gasteiger partial charge on any atom is -0.497 e. The SMILES string of the molecule is C=CCn1c(SC(CC)C(=O)Nc2nccs2)nnc1C(C)Oc1cccc(OC)c1. The Kier molecular flexibility index (Phi) is 8.07. The number of rotatable bonds is 11. The van der Waals surface area contributed by atoms with Gasteiger partial charge in [-0.1, -0.05) is 30.8 Å². The van der Waals surface area contributed by atoms with Crippen molar-refractivity contribution < 1.29 is 14.3 Å². The number of benzene rings is 1. The van der Waals surface area contributed by atoms with Crippen LogP contribution in [0.4, 0.5) is 5.13 Å². The van der Waals surface area contributed by atoms with Gasteiger partial charge in [0, 0.05) is 24.2 Å². The maximum Gasteiger partial charge on any atom is 0.239 e. The van der Waals surface area contributed by atoms with E-state index in [1.165, 1.54) is 23.1 Å². The first-order valence-corrected chi connectivity index (χ1v) is 11.5. The highest BCUT2D eigenvalue weighted by Gasteiger charge is 2.25. The van der Waals surface area contributed by atoms with E-state index in [4.69, 9.17) is 9.47 Å². The highest BCUT2D eigenvalue weighted by molar-refractivity contribution is 8.00. The van der Waals surface area contributed by atoms with Crippen molar-refractivity contribution in [3.63, 3.8) is 0 Å². The molecule has 1 aromatic carbocycles. The lowest BCUT2D eigenvalue weighted by Gasteiger charge is -2.17. The van der Waals surface area contributed by atoms with Crippen LogP contribution in [0, 0.1) is 0 Å². The molecule has 164 valence electrons. The molecule has 0 aliphatic carbocycles. The average molecular weight is 460 g/mol. The topological polar surface area (TPSA) is 91.2 Å². The summed E-state index contributed by atoms with van der Waals surface area (Å²) >= 11 is 2.75. The van der Waals surface area contributed by atoms with Gasteiger partial charge in [-0.25, -0.2) is 4.98 Å². The number of carbonyl (C=O) groups excluding carboxylic acids is 1. The molecule has 8 nitrogen and oxygen atoms in total. The van der Waals surface area contributed by atoms with Crippen molar-refractivity contribution >= 4 is 34.1 Å². The zero-order chi connectivity index (χ0) is 22.2. The zero-order valence-electron chi connectivity index (χ0n) is 17.6. The molecule has 0 saturated heterocycles. The van der Waals surface area contributed by atoms with Crippen molar-refractivity contribution in [3.8, 4) is 11.5 Å². The van der Waals surface area contributed by atoms with E-state index in [1.54, 1.807) is 19.4 Å². The molecule has 0 bridgehead atoms. The van der Waals surface area contributed by atoms with E-state index in [-0.39, 0.29) is 17.3 Å². The number of hydrogen-bond acceptors (Lipinski definition) is 8. The largest absolute Gasteiger partial charge is 0.497 e. The number of amides is 1. The zero-order valence-corrected chi connectivity index (χ0v) is 19.3. The quantitative estimate of drug-likeness (QED) is 0.331. The van der Waals surface area contributed by atoms with Crippen LogP contribution in [0.3, 0.4) is 0 Å². The molecule has 1 N–H and O–H groups in total. The van der Waals surface area contributed by atoms with Gasteiger partial charge in [-0.05, 0) is 25.5 Å². The lowest BCUT2D eigenvalue weighted by molar-refractivity contribution is -0.115. The number of ether oxygens (including phenoxy) is 2. The standard InChI is InChI=1S/C21H25N5O3S2/c1-5-11-26-18(14(3)29-16-9-7-8-15(13-16)28-4)24-25-21(26)31-17(6-2)19(27)23-20-22-10-12-30-20/h5,7-10,12-14,17H,1,6,11H2,2-4H3,(H,22,23,27). The van der Waals surface area contributed by atoms with Gasteiger partial charge in [-0.2, -0.15) is 0 Å². The summed E-state index contributed by atoms with van der Waals surface area (Å²) in [5.41, 5.74) is 0. The summed E-state index contributed by atoms with van der Waals surface area (Å²) in [5.74, 6) is 1.92. The van der Waals surface area contributed by atoms with Gasteiger partial charge in [0.2, 0.25) is 5.91 Å². The molecule has 0 spiro atoms. The number of methoxy groups -OCH3 is 1. The Labute approximate surface area is 189 Å². The Bertz CT molecular complexity index is 1010. The number of anilines is 1. The van der Waals surface area contributed by atoms with Crippen LogP contribution < -0.4 is 14.8 Å². The van der Waals surface area contributed by atoms with Crippen molar-refractivity contribution in [1.29, 1.82) is 0 Å². The molecule has 0 aliphatic heterocycles. The first kappa shape index (κ1) is 22.8. The summed E-state index contributed by atoms with van der Waals surface area (Å²) in [6.07, 6.45) is 3.70. The van der Waals surface area contributed by atoms with E-state index in [0.717, 1.165) is 0 Å². The van der Waals surface area contributed by atoms with Crippen molar-refractivity contribution in [3.05, 3.63) is 54.3 Å². The van der Waals surface area contributed by atoms with E-state index in [9.17, 15) is 4.79 Å². The van der Waals surface area contributed by atoms with Crippen molar-refractivity contribution in [1.82, 2.24) is 19.7 Å². The number of thiazole rings is 1. The summed E-state index contributed by atoms with van der Waals surface area (Å²) in [5, 5.41) is 14.2. The number of thioether (sulfide) groups is 1. The van der Waals surface area contributed by atoms with Crippen LogP contribution in [0.5, 0.6) is 11.5 Å². The Hall–Kier alpha value is -2.85. The summed E-state index contributed by atoms with van der Waals surface area (Å²) in [6, 6.07) is 7.40. The second-order valence-electron chi connectivity index (χ2n) is 6.52. The van der Waals surface area contributed by atoms with Gasteiger partial charge in [0.15, 0.2) is 22.2 Å². The summed E-state index contributed by atoms with van der Waals surface area (Å²) < 4.78 is 13.2. The fourth-order valence-electron chi connectivity index (χ4n) is 2.84. The highest BCUT2D eigenvalue weighted by Crippen LogP contribution is 2.30. The van der Waals surface area contributed by atoms with E-state index < -0.39 is 0 Å². The normalized spacial score (nSPS) is 12.7. The number of allylic oxidation sites excluding steroid dienone is 1. The molecular weight excluding hydrogens is 434 g/mol. The van der Waals surface area contributed by atoms with Gasteiger partial charge in [0.25, 0.3) is 0 Å². The maximum atomic E-state index is 12.7. The van der Waals surface area contributed by atoms with Crippen molar-refractivity contribution in [2.45, 2.75) is 43.3 Å². The van der Waals surface area contributed by atoms with E-state index in [2.05, 4.69) is 27.1 Å². The first-order chi connectivity index (χ1) is 15.0. The first-order valence-electron chi connectivity index (χ1n) is 9.77. The van der Waals surface area contributed by atoms with Gasteiger partial charge >= 0.3 is 0 Å². The van der Waals surface area contributed by atoms with Crippen LogP contribution in [-0.2, 0) is 11.3 Å². The van der Waals surface area contributed by atoms with Gasteiger partial charge in [0.05, 0.1) is 12.4 Å². The van der Waals surface area contributed by atoms with Crippen LogP contribution in [0.15, 0.2) is 53.7 Å². The van der Waals surface area contributed by atoms with Crippen LogP contribution in [0.2, 0.25) is 0 Å².